The lowest BCUT2D eigenvalue weighted by Gasteiger charge is -2.41. The van der Waals surface area contributed by atoms with Gasteiger partial charge in [0.25, 0.3) is 0 Å². The topological polar surface area (TPSA) is 6.48 Å². The van der Waals surface area contributed by atoms with Gasteiger partial charge in [-0.15, -0.1) is 0 Å². The molecule has 3 aliphatic carbocycles. The third-order valence-corrected chi connectivity index (χ3v) is 15.9. The highest BCUT2D eigenvalue weighted by Gasteiger charge is 2.34. The van der Waals surface area contributed by atoms with E-state index in [1.807, 2.05) is 23.5 Å². The zero-order valence-electron chi connectivity index (χ0n) is 35.4. The van der Waals surface area contributed by atoms with Gasteiger partial charge in [0.1, 0.15) is 0 Å². The first-order valence-electron chi connectivity index (χ1n) is 22.6. The number of nitrogens with zero attached hydrogens (tertiary/aromatic N) is 2. The number of allylic oxidation sites excluding steroid dienone is 7. The Morgan fingerprint density at radius 2 is 1.19 bits per heavy atom. The highest BCUT2D eigenvalue weighted by Crippen LogP contribution is 2.55. The third kappa shape index (κ3) is 6.11. The summed E-state index contributed by atoms with van der Waals surface area (Å²) in [6.07, 6.45) is 22.0. The van der Waals surface area contributed by atoms with E-state index in [0.29, 0.717) is 0 Å². The maximum atomic E-state index is 2.69. The van der Waals surface area contributed by atoms with Gasteiger partial charge in [0.2, 0.25) is 0 Å². The summed E-state index contributed by atoms with van der Waals surface area (Å²) in [6.45, 7) is 0. The van der Waals surface area contributed by atoms with Gasteiger partial charge in [0.15, 0.2) is 0 Å². The van der Waals surface area contributed by atoms with Crippen LogP contribution in [-0.2, 0) is 6.42 Å². The first-order chi connectivity index (χ1) is 31.8. The van der Waals surface area contributed by atoms with Crippen molar-refractivity contribution in [3.8, 4) is 22.3 Å². The molecule has 0 radical (unpaired) electrons. The predicted molar refractivity (Wildman–Crippen MR) is 274 cm³/mol. The summed E-state index contributed by atoms with van der Waals surface area (Å²) in [4.78, 5) is 10.4. The smallest absolute Gasteiger partial charge is 0.0601 e. The van der Waals surface area contributed by atoms with Crippen LogP contribution in [0.1, 0.15) is 42.4 Å². The van der Waals surface area contributed by atoms with E-state index in [1.165, 1.54) is 114 Å². The number of anilines is 4. The Bertz CT molecular complexity index is 3330. The van der Waals surface area contributed by atoms with Crippen LogP contribution >= 0.6 is 23.5 Å². The van der Waals surface area contributed by atoms with Crippen LogP contribution in [0.25, 0.3) is 55.4 Å². The Morgan fingerprint density at radius 1 is 0.516 bits per heavy atom. The number of hydrogen-bond acceptors (Lipinski definition) is 4. The van der Waals surface area contributed by atoms with Crippen molar-refractivity contribution in [1.82, 2.24) is 0 Å². The van der Waals surface area contributed by atoms with Gasteiger partial charge in [0.05, 0.1) is 23.1 Å². The van der Waals surface area contributed by atoms with Crippen LogP contribution in [0.15, 0.2) is 219 Å². The molecular formula is C60H44N2S2. The second-order valence-corrected chi connectivity index (χ2v) is 19.5. The molecule has 13 rings (SSSR count). The molecule has 0 amide bonds. The summed E-state index contributed by atoms with van der Waals surface area (Å²) in [7, 11) is 0. The molecule has 2 aliphatic heterocycles. The van der Waals surface area contributed by atoms with Crippen molar-refractivity contribution in [3.63, 3.8) is 0 Å². The fraction of sp³-hybridized carbons (Fsp3) is 0.100. The average Bonchev–Trinajstić information content (AvgIpc) is 3.37. The van der Waals surface area contributed by atoms with Crippen molar-refractivity contribution in [1.29, 1.82) is 0 Å². The Morgan fingerprint density at radius 3 is 1.92 bits per heavy atom. The summed E-state index contributed by atoms with van der Waals surface area (Å²) in [6, 6.07) is 59.1. The van der Waals surface area contributed by atoms with Gasteiger partial charge in [-0.1, -0.05) is 169 Å². The SMILES string of the molecule is C1=CC(c2cc(-c3ccccc3)c3c(c4c(c5cc(N6c7ccccc7Sc7ccccc76)ccc53)CC(N3C5=C(C=CCC5)Sc5ccccc53)C=C4)c2-c2ccccc2)=CCC1. The average molecular weight is 857 g/mol. The Hall–Kier alpha value is -6.72. The van der Waals surface area contributed by atoms with Crippen molar-refractivity contribution in [2.45, 2.75) is 52.8 Å². The molecule has 1 unspecified atom stereocenters. The molecule has 0 bridgehead atoms. The monoisotopic (exact) mass is 856 g/mol. The predicted octanol–water partition coefficient (Wildman–Crippen LogP) is 17.1. The minimum absolute atomic E-state index is 0.143. The van der Waals surface area contributed by atoms with E-state index in [4.69, 9.17) is 0 Å². The summed E-state index contributed by atoms with van der Waals surface area (Å²) in [5, 5.41) is 5.27. The van der Waals surface area contributed by atoms with Crippen molar-refractivity contribution in [2.24, 2.45) is 0 Å². The first-order valence-corrected chi connectivity index (χ1v) is 24.3. The van der Waals surface area contributed by atoms with Gasteiger partial charge in [-0.05, 0) is 153 Å². The van der Waals surface area contributed by atoms with E-state index in [1.54, 1.807) is 0 Å². The quantitative estimate of drug-likeness (QED) is 0.159. The number of hydrogen-bond donors (Lipinski definition) is 0. The van der Waals surface area contributed by atoms with Crippen LogP contribution in [0.3, 0.4) is 0 Å². The summed E-state index contributed by atoms with van der Waals surface area (Å²) >= 11 is 3.79. The van der Waals surface area contributed by atoms with Crippen molar-refractivity contribution in [3.05, 3.63) is 221 Å². The lowest BCUT2D eigenvalue weighted by Crippen LogP contribution is -2.38. The third-order valence-electron chi connectivity index (χ3n) is 13.6. The van der Waals surface area contributed by atoms with Gasteiger partial charge >= 0.3 is 0 Å². The van der Waals surface area contributed by atoms with Crippen LogP contribution in [0, 0.1) is 0 Å². The molecule has 0 saturated heterocycles. The second kappa shape index (κ2) is 15.5. The molecule has 306 valence electrons. The lowest BCUT2D eigenvalue weighted by atomic mass is 9.77. The van der Waals surface area contributed by atoms with E-state index in [9.17, 15) is 0 Å². The number of rotatable bonds is 5. The lowest BCUT2D eigenvalue weighted by molar-refractivity contribution is 0.703. The standard InChI is InChI=1S/C60H44N2S2/c1-4-18-39(19-5-1)46-38-47(40-20-6-2-7-21-40)59-44-34-32-42(61-50-24-10-14-28-54(50)63-55-29-15-11-25-51(55)61)36-48(44)49-37-43(33-35-45(49)60(59)58(46)41-22-8-3-9-23-41)62-52-26-12-16-30-56(52)64-57-31-17-13-27-53(57)62/h2-4,6-12,14-26,28-36,38,43H,1,5,13,27,37H2. The molecular weight excluding hydrogens is 813 g/mol. The van der Waals surface area contributed by atoms with Crippen LogP contribution in [-0.4, -0.2) is 6.04 Å². The Balaban J connectivity index is 1.14. The number of thioether (sulfide) groups is 1. The van der Waals surface area contributed by atoms with Crippen LogP contribution < -0.4 is 9.80 Å². The molecule has 4 heteroatoms. The fourth-order valence-electron chi connectivity index (χ4n) is 10.9. The zero-order valence-corrected chi connectivity index (χ0v) is 37.0. The summed E-state index contributed by atoms with van der Waals surface area (Å²) < 4.78 is 0. The molecule has 0 aromatic heterocycles. The van der Waals surface area contributed by atoms with Crippen molar-refractivity contribution in [2.75, 3.05) is 9.80 Å². The number of benzene rings is 8. The van der Waals surface area contributed by atoms with E-state index in [0.717, 1.165) is 32.1 Å². The second-order valence-electron chi connectivity index (χ2n) is 17.3. The number of fused-ring (bicyclic) bond motifs is 9. The molecule has 2 nitrogen and oxygen atoms in total. The van der Waals surface area contributed by atoms with Crippen LogP contribution in [0.5, 0.6) is 0 Å². The molecule has 2 heterocycles. The summed E-state index contributed by atoms with van der Waals surface area (Å²) in [5.41, 5.74) is 16.8. The maximum absolute atomic E-state index is 2.69. The zero-order chi connectivity index (χ0) is 42.1. The van der Waals surface area contributed by atoms with Crippen LogP contribution in [0.4, 0.5) is 22.7 Å². The molecule has 8 aromatic rings. The summed E-state index contributed by atoms with van der Waals surface area (Å²) in [5.74, 6) is 0. The molecule has 0 saturated carbocycles. The molecule has 0 spiro atoms. The molecule has 64 heavy (non-hydrogen) atoms. The van der Waals surface area contributed by atoms with Gasteiger partial charge in [-0.2, -0.15) is 0 Å². The number of para-hydroxylation sites is 3. The van der Waals surface area contributed by atoms with E-state index in [2.05, 4.69) is 210 Å². The maximum Gasteiger partial charge on any atom is 0.0601 e. The largest absolute Gasteiger partial charge is 0.336 e. The van der Waals surface area contributed by atoms with Gasteiger partial charge < -0.3 is 9.80 Å². The molecule has 0 fully saturated rings. The Kier molecular flexibility index (Phi) is 9.16. The fourth-order valence-corrected chi connectivity index (χ4v) is 13.0. The normalized spacial score (nSPS) is 17.2. The first kappa shape index (κ1) is 37.8. The van der Waals surface area contributed by atoms with Crippen molar-refractivity contribution >= 4 is 79.5 Å². The Labute approximate surface area is 383 Å². The molecule has 8 aromatic carbocycles. The van der Waals surface area contributed by atoms with E-state index >= 15 is 0 Å². The van der Waals surface area contributed by atoms with Crippen LogP contribution in [0.2, 0.25) is 0 Å². The minimum Gasteiger partial charge on any atom is -0.336 e. The van der Waals surface area contributed by atoms with Gasteiger partial charge in [-0.25, -0.2) is 0 Å². The highest BCUT2D eigenvalue weighted by molar-refractivity contribution is 8.03. The van der Waals surface area contributed by atoms with Crippen molar-refractivity contribution < 1.29 is 0 Å². The molecule has 1 atom stereocenters. The molecule has 0 N–H and O–H groups in total. The minimum atomic E-state index is 0.143. The van der Waals surface area contributed by atoms with Gasteiger partial charge in [0, 0.05) is 31.0 Å². The van der Waals surface area contributed by atoms with E-state index < -0.39 is 0 Å². The molecule has 5 aliphatic rings. The van der Waals surface area contributed by atoms with Gasteiger partial charge in [-0.3, -0.25) is 0 Å². The van der Waals surface area contributed by atoms with E-state index in [-0.39, 0.29) is 6.04 Å². The highest BCUT2D eigenvalue weighted by atomic mass is 32.2.